The monoisotopic (exact) mass is 442 g/mol. The second-order valence-corrected chi connectivity index (χ2v) is 7.77. The Labute approximate surface area is 183 Å². The van der Waals surface area contributed by atoms with E-state index >= 15 is 0 Å². The number of piperazine rings is 1. The molecule has 0 bridgehead atoms. The SMILES string of the molecule is O=C(c1cccc(C(F)(F)F)c1)N1CCN([C@@H](c2ccccc2)c2ccc(F)cc2)CC1. The molecule has 1 aliphatic rings. The van der Waals surface area contributed by atoms with Gasteiger partial charge in [-0.3, -0.25) is 9.69 Å². The normalized spacial score (nSPS) is 16.1. The molecule has 0 spiro atoms. The van der Waals surface area contributed by atoms with Crippen LogP contribution in [0.25, 0.3) is 0 Å². The van der Waals surface area contributed by atoms with Gasteiger partial charge in [-0.05, 0) is 41.5 Å². The number of hydrogen-bond acceptors (Lipinski definition) is 2. The minimum absolute atomic E-state index is 0.0337. The summed E-state index contributed by atoms with van der Waals surface area (Å²) < 4.78 is 52.5. The van der Waals surface area contributed by atoms with Gasteiger partial charge in [-0.2, -0.15) is 13.2 Å². The molecule has 3 aromatic rings. The van der Waals surface area contributed by atoms with Gasteiger partial charge in [-0.1, -0.05) is 48.5 Å². The third-order valence-electron chi connectivity index (χ3n) is 5.70. The van der Waals surface area contributed by atoms with Gasteiger partial charge in [0.1, 0.15) is 5.82 Å². The first-order valence-electron chi connectivity index (χ1n) is 10.3. The van der Waals surface area contributed by atoms with Crippen LogP contribution in [0.15, 0.2) is 78.9 Å². The Morgan fingerprint density at radius 3 is 2.03 bits per heavy atom. The Bertz CT molecular complexity index is 1060. The molecule has 1 atom stereocenters. The first-order chi connectivity index (χ1) is 15.3. The molecule has 166 valence electrons. The first kappa shape index (κ1) is 22.0. The van der Waals surface area contributed by atoms with Crippen LogP contribution in [0.5, 0.6) is 0 Å². The number of rotatable bonds is 4. The summed E-state index contributed by atoms with van der Waals surface area (Å²) >= 11 is 0. The van der Waals surface area contributed by atoms with Crippen molar-refractivity contribution in [3.8, 4) is 0 Å². The molecule has 4 rings (SSSR count). The highest BCUT2D eigenvalue weighted by atomic mass is 19.4. The van der Waals surface area contributed by atoms with Crippen molar-refractivity contribution < 1.29 is 22.4 Å². The lowest BCUT2D eigenvalue weighted by Crippen LogP contribution is -2.49. The van der Waals surface area contributed by atoms with Crippen LogP contribution in [-0.2, 0) is 6.18 Å². The largest absolute Gasteiger partial charge is 0.416 e. The van der Waals surface area contributed by atoms with Crippen molar-refractivity contribution >= 4 is 5.91 Å². The van der Waals surface area contributed by atoms with Gasteiger partial charge in [0.2, 0.25) is 0 Å². The minimum Gasteiger partial charge on any atom is -0.336 e. The van der Waals surface area contributed by atoms with Gasteiger partial charge in [0.25, 0.3) is 5.91 Å². The molecular formula is C25H22F4N2O. The van der Waals surface area contributed by atoms with E-state index in [1.807, 2.05) is 30.3 Å². The molecule has 1 saturated heterocycles. The number of hydrogen-bond donors (Lipinski definition) is 0. The topological polar surface area (TPSA) is 23.6 Å². The predicted octanol–water partition coefficient (Wildman–Crippen LogP) is 5.39. The van der Waals surface area contributed by atoms with Gasteiger partial charge >= 0.3 is 6.18 Å². The Balaban J connectivity index is 1.51. The average Bonchev–Trinajstić information content (AvgIpc) is 2.81. The lowest BCUT2D eigenvalue weighted by atomic mass is 9.96. The summed E-state index contributed by atoms with van der Waals surface area (Å²) in [5.74, 6) is -0.717. The molecule has 0 radical (unpaired) electrons. The van der Waals surface area contributed by atoms with Gasteiger partial charge in [0, 0.05) is 31.7 Å². The smallest absolute Gasteiger partial charge is 0.336 e. The lowest BCUT2D eigenvalue weighted by Gasteiger charge is -2.40. The highest BCUT2D eigenvalue weighted by molar-refractivity contribution is 5.94. The van der Waals surface area contributed by atoms with Gasteiger partial charge in [0.05, 0.1) is 11.6 Å². The zero-order chi connectivity index (χ0) is 22.7. The Morgan fingerprint density at radius 1 is 0.781 bits per heavy atom. The summed E-state index contributed by atoms with van der Waals surface area (Å²) in [5.41, 5.74) is 1.20. The van der Waals surface area contributed by atoms with E-state index in [2.05, 4.69) is 4.90 Å². The summed E-state index contributed by atoms with van der Waals surface area (Å²) in [5, 5.41) is 0. The molecule has 0 aromatic heterocycles. The number of amides is 1. The third-order valence-corrected chi connectivity index (χ3v) is 5.70. The molecule has 0 saturated carbocycles. The van der Waals surface area contributed by atoms with Crippen LogP contribution in [0.1, 0.15) is 33.1 Å². The van der Waals surface area contributed by atoms with Gasteiger partial charge in [-0.25, -0.2) is 4.39 Å². The number of nitrogens with zero attached hydrogens (tertiary/aromatic N) is 2. The van der Waals surface area contributed by atoms with Crippen LogP contribution >= 0.6 is 0 Å². The van der Waals surface area contributed by atoms with Crippen molar-refractivity contribution in [1.82, 2.24) is 9.80 Å². The van der Waals surface area contributed by atoms with Gasteiger partial charge in [-0.15, -0.1) is 0 Å². The Kier molecular flexibility index (Phi) is 6.28. The van der Waals surface area contributed by atoms with E-state index < -0.39 is 17.6 Å². The van der Waals surface area contributed by atoms with Crippen molar-refractivity contribution in [2.45, 2.75) is 12.2 Å². The molecule has 0 aliphatic carbocycles. The minimum atomic E-state index is -4.49. The summed E-state index contributed by atoms with van der Waals surface area (Å²) in [7, 11) is 0. The molecule has 1 fully saturated rings. The second-order valence-electron chi connectivity index (χ2n) is 7.77. The van der Waals surface area contributed by atoms with Crippen LogP contribution in [0, 0.1) is 5.82 Å². The Hall–Kier alpha value is -3.19. The molecule has 1 amide bonds. The van der Waals surface area contributed by atoms with Crippen molar-refractivity contribution in [2.24, 2.45) is 0 Å². The van der Waals surface area contributed by atoms with E-state index in [0.29, 0.717) is 26.2 Å². The van der Waals surface area contributed by atoms with Crippen molar-refractivity contribution in [3.63, 3.8) is 0 Å². The summed E-state index contributed by atoms with van der Waals surface area (Å²) in [6.45, 7) is 1.86. The van der Waals surface area contributed by atoms with Crippen LogP contribution in [0.4, 0.5) is 17.6 Å². The fraction of sp³-hybridized carbons (Fsp3) is 0.240. The molecule has 0 N–H and O–H groups in total. The quantitative estimate of drug-likeness (QED) is 0.506. The lowest BCUT2D eigenvalue weighted by molar-refractivity contribution is -0.137. The van der Waals surface area contributed by atoms with Crippen molar-refractivity contribution in [3.05, 3.63) is 107 Å². The summed E-state index contributed by atoms with van der Waals surface area (Å²) in [4.78, 5) is 16.6. The van der Waals surface area contributed by atoms with E-state index in [9.17, 15) is 22.4 Å². The maximum Gasteiger partial charge on any atom is 0.416 e. The van der Waals surface area contributed by atoms with Gasteiger partial charge < -0.3 is 4.90 Å². The number of benzene rings is 3. The molecule has 3 nitrogen and oxygen atoms in total. The number of alkyl halides is 3. The van der Waals surface area contributed by atoms with E-state index in [-0.39, 0.29) is 17.4 Å². The zero-order valence-electron chi connectivity index (χ0n) is 17.2. The van der Waals surface area contributed by atoms with Crippen molar-refractivity contribution in [2.75, 3.05) is 26.2 Å². The second kappa shape index (κ2) is 9.12. The number of carbonyl (C=O) groups is 1. The number of halogens is 4. The van der Waals surface area contributed by atoms with Crippen molar-refractivity contribution in [1.29, 1.82) is 0 Å². The van der Waals surface area contributed by atoms with Gasteiger partial charge in [0.15, 0.2) is 0 Å². The van der Waals surface area contributed by atoms with Crippen LogP contribution in [-0.4, -0.2) is 41.9 Å². The highest BCUT2D eigenvalue weighted by Gasteiger charge is 2.32. The third kappa shape index (κ3) is 4.83. The summed E-state index contributed by atoms with van der Waals surface area (Å²) in [6.07, 6.45) is -4.49. The molecule has 1 heterocycles. The fourth-order valence-electron chi connectivity index (χ4n) is 4.09. The molecule has 32 heavy (non-hydrogen) atoms. The van der Waals surface area contributed by atoms with E-state index in [1.165, 1.54) is 24.3 Å². The van der Waals surface area contributed by atoms with Crippen LogP contribution < -0.4 is 0 Å². The van der Waals surface area contributed by atoms with E-state index in [4.69, 9.17) is 0 Å². The highest BCUT2D eigenvalue weighted by Crippen LogP contribution is 2.31. The van der Waals surface area contributed by atoms with E-state index in [1.54, 1.807) is 17.0 Å². The molecule has 0 unspecified atom stereocenters. The maximum absolute atomic E-state index is 13.5. The summed E-state index contributed by atoms with van der Waals surface area (Å²) in [6, 6.07) is 20.6. The predicted molar refractivity (Wildman–Crippen MR) is 114 cm³/mol. The Morgan fingerprint density at radius 2 is 1.41 bits per heavy atom. The van der Waals surface area contributed by atoms with E-state index in [0.717, 1.165) is 23.3 Å². The standard InChI is InChI=1S/C25H22F4N2O/c26-22-11-9-19(10-12-22)23(18-5-2-1-3-6-18)30-13-15-31(16-14-30)24(32)20-7-4-8-21(17-20)25(27,28)29/h1-12,17,23H,13-16H2/t23-/m0/s1. The molecule has 3 aromatic carbocycles. The zero-order valence-corrected chi connectivity index (χ0v) is 17.2. The van der Waals surface area contributed by atoms with Crippen LogP contribution in [0.3, 0.4) is 0 Å². The molecular weight excluding hydrogens is 420 g/mol. The fourth-order valence-corrected chi connectivity index (χ4v) is 4.09. The molecule has 7 heteroatoms. The average molecular weight is 442 g/mol. The maximum atomic E-state index is 13.5. The number of carbonyl (C=O) groups excluding carboxylic acids is 1. The van der Waals surface area contributed by atoms with Crippen LogP contribution in [0.2, 0.25) is 0 Å². The molecule has 1 aliphatic heterocycles. The first-order valence-corrected chi connectivity index (χ1v) is 10.3.